The van der Waals surface area contributed by atoms with Crippen molar-refractivity contribution in [2.45, 2.75) is 13.0 Å². The van der Waals surface area contributed by atoms with Gasteiger partial charge < -0.3 is 11.1 Å². The third-order valence-corrected chi connectivity index (χ3v) is 7.01. The maximum absolute atomic E-state index is 13.3. The summed E-state index contributed by atoms with van der Waals surface area (Å²) in [5.74, 6) is 6.19. The number of nitrogen functional groups attached to an aromatic ring is 1. The highest BCUT2D eigenvalue weighted by atomic mass is 32.1. The highest BCUT2D eigenvalue weighted by Crippen LogP contribution is 2.34. The summed E-state index contributed by atoms with van der Waals surface area (Å²) in [5.41, 5.74) is 11.2. The van der Waals surface area contributed by atoms with Crippen molar-refractivity contribution >= 4 is 38.9 Å². The van der Waals surface area contributed by atoms with Crippen LogP contribution in [0.2, 0.25) is 0 Å². The van der Waals surface area contributed by atoms with Gasteiger partial charge in [-0.1, -0.05) is 42.2 Å². The fourth-order valence-corrected chi connectivity index (χ4v) is 5.19. The van der Waals surface area contributed by atoms with E-state index in [4.69, 9.17) is 10.7 Å². The van der Waals surface area contributed by atoms with E-state index in [9.17, 15) is 4.79 Å². The number of amides is 1. The number of carbonyl (C=O) groups excluding carboxylic acids is 1. The van der Waals surface area contributed by atoms with Crippen LogP contribution in [0.4, 0.5) is 5.82 Å². The molecule has 0 aliphatic carbocycles. The lowest BCUT2D eigenvalue weighted by molar-refractivity contribution is 0.0933. The van der Waals surface area contributed by atoms with Gasteiger partial charge in [0, 0.05) is 41.3 Å². The Labute approximate surface area is 222 Å². The zero-order valence-electron chi connectivity index (χ0n) is 20.6. The van der Waals surface area contributed by atoms with E-state index in [2.05, 4.69) is 38.4 Å². The van der Waals surface area contributed by atoms with Gasteiger partial charge in [0.1, 0.15) is 4.83 Å². The number of benzene rings is 1. The first-order valence-electron chi connectivity index (χ1n) is 11.9. The van der Waals surface area contributed by atoms with Crippen LogP contribution in [-0.4, -0.2) is 35.3 Å². The molecule has 5 heterocycles. The summed E-state index contributed by atoms with van der Waals surface area (Å²) in [6, 6.07) is 15.2. The summed E-state index contributed by atoms with van der Waals surface area (Å²) >= 11 is 1.52. The number of carbonyl (C=O) groups is 1. The van der Waals surface area contributed by atoms with Gasteiger partial charge >= 0.3 is 0 Å². The summed E-state index contributed by atoms with van der Waals surface area (Å²) in [6.07, 6.45) is 5.20. The van der Waals surface area contributed by atoms with Crippen molar-refractivity contribution < 1.29 is 4.79 Å². The molecule has 38 heavy (non-hydrogen) atoms. The zero-order chi connectivity index (χ0) is 26.2. The molecule has 0 fully saturated rings. The molecular weight excluding hydrogens is 496 g/mol. The van der Waals surface area contributed by atoms with Crippen LogP contribution in [0, 0.1) is 11.8 Å². The number of nitrogens with one attached hydrogen (secondary N) is 1. The minimum Gasteiger partial charge on any atom is -0.382 e. The lowest BCUT2D eigenvalue weighted by Gasteiger charge is -2.18. The number of hydrogen-bond donors (Lipinski definition) is 2. The molecule has 0 bridgehead atoms. The van der Waals surface area contributed by atoms with E-state index in [1.807, 2.05) is 55.9 Å². The number of hydrogen-bond acceptors (Lipinski definition) is 7. The normalized spacial score (nSPS) is 11.8. The molecule has 0 saturated heterocycles. The Morgan fingerprint density at radius 2 is 1.95 bits per heavy atom. The second kappa shape index (κ2) is 9.46. The Morgan fingerprint density at radius 3 is 2.74 bits per heavy atom. The van der Waals surface area contributed by atoms with Gasteiger partial charge in [0.2, 0.25) is 0 Å². The predicted octanol–water partition coefficient (Wildman–Crippen LogP) is 4.21. The quantitative estimate of drug-likeness (QED) is 0.338. The molecule has 6 rings (SSSR count). The molecule has 0 unspecified atom stereocenters. The lowest BCUT2D eigenvalue weighted by atomic mass is 9.98. The van der Waals surface area contributed by atoms with E-state index in [1.54, 1.807) is 29.2 Å². The number of imidazole rings is 1. The molecule has 0 aliphatic heterocycles. The molecule has 5 aromatic heterocycles. The van der Waals surface area contributed by atoms with Crippen molar-refractivity contribution in [3.05, 3.63) is 95.0 Å². The van der Waals surface area contributed by atoms with E-state index in [1.165, 1.54) is 15.9 Å². The number of nitrogens with zero attached hydrogens (tertiary/aromatic N) is 6. The summed E-state index contributed by atoms with van der Waals surface area (Å²) in [6.45, 7) is 1.90. The maximum atomic E-state index is 13.3. The number of thiophene rings is 1. The number of aryl methyl sites for hydroxylation is 1. The molecule has 0 radical (unpaired) electrons. The molecule has 6 aromatic rings. The topological polar surface area (TPSA) is 116 Å². The van der Waals surface area contributed by atoms with Crippen molar-refractivity contribution in [3.8, 4) is 23.0 Å². The summed E-state index contributed by atoms with van der Waals surface area (Å²) in [7, 11) is 1.86. The largest absolute Gasteiger partial charge is 0.382 e. The van der Waals surface area contributed by atoms with Crippen LogP contribution in [0.15, 0.2) is 72.5 Å². The standard InChI is InChI=1S/C28H22N8OS/c1-17(32-27(37)25-26(29)33-23-9-6-12-30-36(23)25)24-21(19-7-4-3-5-8-19)13-22-20(16-38-28(22)34-24)11-10-18-14-31-35(2)15-18/h3-9,12-17H,29H2,1-2H3,(H,32,37)/t17-/m0/s1. The number of rotatable bonds is 4. The van der Waals surface area contributed by atoms with Crippen LogP contribution in [0.5, 0.6) is 0 Å². The van der Waals surface area contributed by atoms with Crippen LogP contribution in [-0.2, 0) is 7.05 Å². The Morgan fingerprint density at radius 1 is 1.11 bits per heavy atom. The summed E-state index contributed by atoms with van der Waals surface area (Å²) in [5, 5.41) is 14.4. The zero-order valence-corrected chi connectivity index (χ0v) is 21.4. The molecule has 10 heteroatoms. The minimum absolute atomic E-state index is 0.121. The summed E-state index contributed by atoms with van der Waals surface area (Å²) in [4.78, 5) is 23.4. The monoisotopic (exact) mass is 518 g/mol. The molecule has 1 amide bonds. The first-order valence-corrected chi connectivity index (χ1v) is 12.7. The third-order valence-electron chi connectivity index (χ3n) is 6.12. The first kappa shape index (κ1) is 23.4. The van der Waals surface area contributed by atoms with E-state index >= 15 is 0 Å². The molecule has 1 atom stereocenters. The fourth-order valence-electron chi connectivity index (χ4n) is 4.32. The Balaban J connectivity index is 1.40. The molecule has 9 nitrogen and oxygen atoms in total. The Hall–Kier alpha value is -5.01. The van der Waals surface area contributed by atoms with Crippen molar-refractivity contribution in [2.24, 2.45) is 7.05 Å². The highest BCUT2D eigenvalue weighted by molar-refractivity contribution is 7.17. The van der Waals surface area contributed by atoms with E-state index < -0.39 is 6.04 Å². The van der Waals surface area contributed by atoms with Gasteiger partial charge in [-0.05, 0) is 30.7 Å². The lowest BCUT2D eigenvalue weighted by Crippen LogP contribution is -2.29. The highest BCUT2D eigenvalue weighted by Gasteiger charge is 2.23. The van der Waals surface area contributed by atoms with Gasteiger partial charge in [-0.25, -0.2) is 14.5 Å². The van der Waals surface area contributed by atoms with Gasteiger partial charge in [0.05, 0.1) is 23.5 Å². The Kier molecular flexibility index (Phi) is 5.82. The second-order valence-corrected chi connectivity index (χ2v) is 9.63. The number of anilines is 1. The fraction of sp³-hybridized carbons (Fsp3) is 0.107. The molecule has 186 valence electrons. The number of aromatic nitrogens is 6. The van der Waals surface area contributed by atoms with Gasteiger partial charge in [0.25, 0.3) is 5.91 Å². The number of fused-ring (bicyclic) bond motifs is 2. The van der Waals surface area contributed by atoms with Gasteiger partial charge in [-0.3, -0.25) is 9.48 Å². The smallest absolute Gasteiger partial charge is 0.274 e. The van der Waals surface area contributed by atoms with E-state index in [0.717, 1.165) is 38.2 Å². The van der Waals surface area contributed by atoms with Crippen LogP contribution in [0.1, 0.15) is 40.3 Å². The average molecular weight is 519 g/mol. The second-order valence-electron chi connectivity index (χ2n) is 8.78. The third kappa shape index (κ3) is 4.25. The number of nitrogens with two attached hydrogens (primary N) is 1. The molecule has 0 saturated carbocycles. The van der Waals surface area contributed by atoms with E-state index in [-0.39, 0.29) is 17.4 Å². The maximum Gasteiger partial charge on any atom is 0.274 e. The molecule has 0 aliphatic rings. The predicted molar refractivity (Wildman–Crippen MR) is 148 cm³/mol. The summed E-state index contributed by atoms with van der Waals surface area (Å²) < 4.78 is 3.17. The van der Waals surface area contributed by atoms with E-state index in [0.29, 0.717) is 5.65 Å². The molecule has 0 spiro atoms. The van der Waals surface area contributed by atoms with Crippen molar-refractivity contribution in [1.82, 2.24) is 34.7 Å². The van der Waals surface area contributed by atoms with Crippen molar-refractivity contribution in [1.29, 1.82) is 0 Å². The molecule has 3 N–H and O–H groups in total. The van der Waals surface area contributed by atoms with Crippen molar-refractivity contribution in [2.75, 3.05) is 5.73 Å². The Bertz CT molecular complexity index is 1870. The minimum atomic E-state index is -0.428. The van der Waals surface area contributed by atoms with Gasteiger partial charge in [0.15, 0.2) is 17.2 Å². The van der Waals surface area contributed by atoms with Crippen LogP contribution in [0.25, 0.3) is 27.0 Å². The molecule has 1 aromatic carbocycles. The van der Waals surface area contributed by atoms with Crippen molar-refractivity contribution in [3.63, 3.8) is 0 Å². The van der Waals surface area contributed by atoms with Gasteiger partial charge in [-0.2, -0.15) is 10.2 Å². The number of pyridine rings is 1. The average Bonchev–Trinajstić information content (AvgIpc) is 3.62. The first-order chi connectivity index (χ1) is 18.5. The van der Waals surface area contributed by atoms with Crippen LogP contribution in [0.3, 0.4) is 0 Å². The van der Waals surface area contributed by atoms with Gasteiger partial charge in [-0.15, -0.1) is 11.3 Å². The van der Waals surface area contributed by atoms with Crippen LogP contribution >= 0.6 is 11.3 Å². The molecular formula is C28H22N8OS. The van der Waals surface area contributed by atoms with Crippen LogP contribution < -0.4 is 11.1 Å². The SMILES string of the molecule is C[C@H](NC(=O)c1c(N)nc2cccnn12)c1nc2scc(C#Cc3cnn(C)c3)c2cc1-c1ccccc1.